The van der Waals surface area contributed by atoms with Crippen molar-refractivity contribution in [2.24, 2.45) is 0 Å². The van der Waals surface area contributed by atoms with Gasteiger partial charge >= 0.3 is 0 Å². The number of anilines is 2. The van der Waals surface area contributed by atoms with Gasteiger partial charge in [-0.1, -0.05) is 11.6 Å². The maximum absolute atomic E-state index is 12.4. The van der Waals surface area contributed by atoms with E-state index in [-0.39, 0.29) is 11.7 Å². The summed E-state index contributed by atoms with van der Waals surface area (Å²) >= 11 is 6.13. The molecule has 0 aliphatic carbocycles. The summed E-state index contributed by atoms with van der Waals surface area (Å²) in [6, 6.07) is 13.5. The Morgan fingerprint density at radius 1 is 1.04 bits per heavy atom. The zero-order chi connectivity index (χ0) is 18.7. The molecule has 6 nitrogen and oxygen atoms in total. The number of benzene rings is 2. The van der Waals surface area contributed by atoms with Crippen LogP contribution in [0.25, 0.3) is 11.3 Å². The van der Waals surface area contributed by atoms with Gasteiger partial charge in [0.25, 0.3) is 5.91 Å². The minimum absolute atomic E-state index is 0.168. The fraction of sp³-hybridized carbons (Fsp3) is 0.105. The van der Waals surface area contributed by atoms with E-state index in [4.69, 9.17) is 31.2 Å². The molecule has 2 aromatic carbocycles. The first-order chi connectivity index (χ1) is 12.5. The van der Waals surface area contributed by atoms with Gasteiger partial charge in [-0.15, -0.1) is 0 Å². The Balaban J connectivity index is 1.78. The Kier molecular flexibility index (Phi) is 5.04. The lowest BCUT2D eigenvalue weighted by atomic mass is 10.2. The molecule has 0 saturated heterocycles. The van der Waals surface area contributed by atoms with Crippen molar-refractivity contribution in [3.63, 3.8) is 0 Å². The third-order valence-corrected chi connectivity index (χ3v) is 4.05. The lowest BCUT2D eigenvalue weighted by molar-refractivity contribution is 0.0997. The first-order valence-corrected chi connectivity index (χ1v) is 8.08. The number of methoxy groups -OCH3 is 2. The number of nitrogens with one attached hydrogen (secondary N) is 1. The summed E-state index contributed by atoms with van der Waals surface area (Å²) in [7, 11) is 3.07. The normalized spacial score (nSPS) is 10.4. The maximum Gasteiger partial charge on any atom is 0.291 e. The number of furan rings is 1. The van der Waals surface area contributed by atoms with Crippen molar-refractivity contribution in [1.82, 2.24) is 0 Å². The van der Waals surface area contributed by atoms with E-state index in [1.807, 2.05) is 0 Å². The second-order valence-corrected chi connectivity index (χ2v) is 5.83. The molecule has 1 aromatic heterocycles. The van der Waals surface area contributed by atoms with Crippen molar-refractivity contribution in [3.8, 4) is 22.8 Å². The van der Waals surface area contributed by atoms with Crippen molar-refractivity contribution < 1.29 is 18.7 Å². The smallest absolute Gasteiger partial charge is 0.291 e. The average molecular weight is 373 g/mol. The second-order valence-electron chi connectivity index (χ2n) is 5.42. The lowest BCUT2D eigenvalue weighted by Crippen LogP contribution is -2.11. The van der Waals surface area contributed by atoms with E-state index in [1.54, 1.807) is 55.6 Å². The molecule has 134 valence electrons. The predicted octanol–water partition coefficient (Wildman–Crippen LogP) is 4.45. The van der Waals surface area contributed by atoms with Gasteiger partial charge < -0.3 is 24.9 Å². The summed E-state index contributed by atoms with van der Waals surface area (Å²) in [4.78, 5) is 12.4. The molecule has 3 aromatic rings. The number of halogens is 1. The number of amides is 1. The van der Waals surface area contributed by atoms with Gasteiger partial charge in [-0.05, 0) is 48.5 Å². The highest BCUT2D eigenvalue weighted by atomic mass is 35.5. The number of carbonyl (C=O) groups excluding carboxylic acids is 1. The molecule has 0 atom stereocenters. The summed E-state index contributed by atoms with van der Waals surface area (Å²) in [5.74, 6) is 1.41. The molecule has 0 saturated carbocycles. The summed E-state index contributed by atoms with van der Waals surface area (Å²) in [5, 5.41) is 3.19. The summed E-state index contributed by atoms with van der Waals surface area (Å²) < 4.78 is 15.9. The molecule has 1 heterocycles. The number of rotatable bonds is 5. The van der Waals surface area contributed by atoms with Gasteiger partial charge in [0.05, 0.1) is 24.9 Å². The molecule has 0 fully saturated rings. The van der Waals surface area contributed by atoms with Crippen LogP contribution in [-0.4, -0.2) is 20.1 Å². The first kappa shape index (κ1) is 17.7. The molecule has 0 bridgehead atoms. The molecule has 0 aliphatic rings. The van der Waals surface area contributed by atoms with Crippen LogP contribution < -0.4 is 20.5 Å². The Labute approximate surface area is 155 Å². The van der Waals surface area contributed by atoms with Gasteiger partial charge in [0, 0.05) is 11.3 Å². The van der Waals surface area contributed by atoms with Crippen molar-refractivity contribution >= 4 is 28.9 Å². The standard InChI is InChI=1S/C19H17ClN2O4/c1-24-16-5-3-11(9-13(16)20)15-7-8-18(26-15)19(23)22-12-4-6-17(25-2)14(21)10-12/h3-10H,21H2,1-2H3,(H,22,23). The quantitative estimate of drug-likeness (QED) is 0.646. The lowest BCUT2D eigenvalue weighted by Gasteiger charge is -2.08. The number of hydrogen-bond donors (Lipinski definition) is 2. The number of ether oxygens (including phenoxy) is 2. The maximum atomic E-state index is 12.4. The highest BCUT2D eigenvalue weighted by Gasteiger charge is 2.14. The van der Waals surface area contributed by atoms with E-state index in [1.165, 1.54) is 7.11 Å². The van der Waals surface area contributed by atoms with Gasteiger partial charge in [0.2, 0.25) is 0 Å². The third kappa shape index (κ3) is 3.60. The highest BCUT2D eigenvalue weighted by Crippen LogP contribution is 2.31. The molecule has 0 unspecified atom stereocenters. The van der Waals surface area contributed by atoms with Crippen LogP contribution in [0.1, 0.15) is 10.6 Å². The van der Waals surface area contributed by atoms with Crippen LogP contribution in [0.5, 0.6) is 11.5 Å². The largest absolute Gasteiger partial charge is 0.495 e. The molecule has 1 amide bonds. The molecular weight excluding hydrogens is 356 g/mol. The summed E-state index contributed by atoms with van der Waals surface area (Å²) in [6.07, 6.45) is 0. The zero-order valence-corrected chi connectivity index (χ0v) is 15.0. The molecule has 3 N–H and O–H groups in total. The fourth-order valence-electron chi connectivity index (χ4n) is 2.44. The molecule has 3 rings (SSSR count). The molecule has 0 aliphatic heterocycles. The van der Waals surface area contributed by atoms with Crippen LogP contribution in [0.3, 0.4) is 0 Å². The van der Waals surface area contributed by atoms with Gasteiger partial charge in [-0.3, -0.25) is 4.79 Å². The molecule has 0 radical (unpaired) electrons. The van der Waals surface area contributed by atoms with Gasteiger partial charge in [-0.2, -0.15) is 0 Å². The van der Waals surface area contributed by atoms with Crippen molar-refractivity contribution in [2.75, 3.05) is 25.3 Å². The van der Waals surface area contributed by atoms with Gasteiger partial charge in [0.15, 0.2) is 5.76 Å². The predicted molar refractivity (Wildman–Crippen MR) is 101 cm³/mol. The number of carbonyl (C=O) groups is 1. The van der Waals surface area contributed by atoms with E-state index in [2.05, 4.69) is 5.32 Å². The van der Waals surface area contributed by atoms with Gasteiger partial charge in [0.1, 0.15) is 17.3 Å². The van der Waals surface area contributed by atoms with Crippen LogP contribution in [-0.2, 0) is 0 Å². The van der Waals surface area contributed by atoms with Gasteiger partial charge in [-0.25, -0.2) is 0 Å². The Morgan fingerprint density at radius 3 is 2.42 bits per heavy atom. The Hall–Kier alpha value is -3.12. The van der Waals surface area contributed by atoms with E-state index in [0.29, 0.717) is 33.7 Å². The number of hydrogen-bond acceptors (Lipinski definition) is 5. The van der Waals surface area contributed by atoms with Crippen LogP contribution in [0, 0.1) is 0 Å². The van der Waals surface area contributed by atoms with Crippen molar-refractivity contribution in [3.05, 3.63) is 59.3 Å². The SMILES string of the molecule is COc1ccc(NC(=O)c2ccc(-c3ccc(OC)c(Cl)c3)o2)cc1N. The fourth-order valence-corrected chi connectivity index (χ4v) is 2.70. The molecule has 26 heavy (non-hydrogen) atoms. The van der Waals surface area contributed by atoms with Crippen LogP contribution in [0.4, 0.5) is 11.4 Å². The van der Waals surface area contributed by atoms with Crippen molar-refractivity contribution in [2.45, 2.75) is 0 Å². The van der Waals surface area contributed by atoms with E-state index < -0.39 is 0 Å². The van der Waals surface area contributed by atoms with Crippen LogP contribution in [0.2, 0.25) is 5.02 Å². The summed E-state index contributed by atoms with van der Waals surface area (Å²) in [5.41, 5.74) is 7.55. The monoisotopic (exact) mass is 372 g/mol. The minimum Gasteiger partial charge on any atom is -0.495 e. The van der Waals surface area contributed by atoms with E-state index in [9.17, 15) is 4.79 Å². The number of nitrogen functional groups attached to an aromatic ring is 1. The highest BCUT2D eigenvalue weighted by molar-refractivity contribution is 6.32. The minimum atomic E-state index is -0.388. The molecule has 7 heteroatoms. The third-order valence-electron chi connectivity index (χ3n) is 3.75. The number of nitrogens with two attached hydrogens (primary N) is 1. The van der Waals surface area contributed by atoms with Crippen molar-refractivity contribution in [1.29, 1.82) is 0 Å². The first-order valence-electron chi connectivity index (χ1n) is 7.70. The average Bonchev–Trinajstić information content (AvgIpc) is 3.12. The zero-order valence-electron chi connectivity index (χ0n) is 14.2. The topological polar surface area (TPSA) is 86.7 Å². The Morgan fingerprint density at radius 2 is 1.77 bits per heavy atom. The molecular formula is C19H17ClN2O4. The Bertz CT molecular complexity index is 952. The van der Waals surface area contributed by atoms with Crippen LogP contribution in [0.15, 0.2) is 52.9 Å². The van der Waals surface area contributed by atoms with E-state index in [0.717, 1.165) is 5.56 Å². The molecule has 0 spiro atoms. The summed E-state index contributed by atoms with van der Waals surface area (Å²) in [6.45, 7) is 0. The second kappa shape index (κ2) is 7.41. The van der Waals surface area contributed by atoms with E-state index >= 15 is 0 Å². The van der Waals surface area contributed by atoms with Crippen LogP contribution >= 0.6 is 11.6 Å².